The summed E-state index contributed by atoms with van der Waals surface area (Å²) in [4.78, 5) is 12.5. The Bertz CT molecular complexity index is 645. The first-order valence-corrected chi connectivity index (χ1v) is 7.02. The Morgan fingerprint density at radius 1 is 0.792 bits per heavy atom. The fourth-order valence-electron chi connectivity index (χ4n) is 1.67. The summed E-state index contributed by atoms with van der Waals surface area (Å²) in [5.41, 5.74) is 1.91. The molecular weight excluding hydrogens is 310 g/mol. The molecule has 0 fully saturated rings. The highest BCUT2D eigenvalue weighted by atomic mass is 16.4. The standard InChI is InChI=1S/C13H11NO2.C4H8N2O2/c15-13(16)14(11-7-3-1-4-8-11)12-9-5-2-6-10-12;1-3(5-7)4(2)6-8/h1-10H,(H,15,16);7-8H,1-2H3. The average molecular weight is 329 g/mol. The predicted molar refractivity (Wildman–Crippen MR) is 92.8 cm³/mol. The minimum atomic E-state index is -0.989. The number of rotatable bonds is 3. The summed E-state index contributed by atoms with van der Waals surface area (Å²) in [6, 6.07) is 18.0. The zero-order valence-corrected chi connectivity index (χ0v) is 13.4. The lowest BCUT2D eigenvalue weighted by Gasteiger charge is -2.18. The Morgan fingerprint density at radius 2 is 1.12 bits per heavy atom. The highest BCUT2D eigenvalue weighted by molar-refractivity contribution is 6.40. The third-order valence-electron chi connectivity index (χ3n) is 3.04. The van der Waals surface area contributed by atoms with E-state index in [1.807, 2.05) is 36.4 Å². The van der Waals surface area contributed by atoms with Crippen LogP contribution in [-0.2, 0) is 0 Å². The van der Waals surface area contributed by atoms with Crippen LogP contribution in [0.25, 0.3) is 0 Å². The second kappa shape index (κ2) is 9.62. The van der Waals surface area contributed by atoms with Crippen molar-refractivity contribution in [2.24, 2.45) is 10.3 Å². The van der Waals surface area contributed by atoms with Gasteiger partial charge in [-0.2, -0.15) is 0 Å². The molecule has 0 bridgehead atoms. The van der Waals surface area contributed by atoms with Crippen molar-refractivity contribution < 1.29 is 20.3 Å². The van der Waals surface area contributed by atoms with E-state index >= 15 is 0 Å². The number of hydrogen-bond acceptors (Lipinski definition) is 5. The lowest BCUT2D eigenvalue weighted by molar-refractivity contribution is 0.205. The first kappa shape index (κ1) is 18.7. The van der Waals surface area contributed by atoms with Crippen molar-refractivity contribution in [3.05, 3.63) is 60.7 Å². The minimum absolute atomic E-state index is 0.313. The Kier molecular flexibility index (Phi) is 7.50. The van der Waals surface area contributed by atoms with Crippen LogP contribution < -0.4 is 4.90 Å². The maximum Gasteiger partial charge on any atom is 0.416 e. The molecule has 0 aliphatic rings. The number of carbonyl (C=O) groups is 1. The lowest BCUT2D eigenvalue weighted by Crippen LogP contribution is -2.23. The van der Waals surface area contributed by atoms with Crippen molar-refractivity contribution >= 4 is 28.9 Å². The number of amides is 1. The molecule has 0 radical (unpaired) electrons. The summed E-state index contributed by atoms with van der Waals surface area (Å²) < 4.78 is 0. The summed E-state index contributed by atoms with van der Waals surface area (Å²) >= 11 is 0. The quantitative estimate of drug-likeness (QED) is 0.446. The van der Waals surface area contributed by atoms with Crippen molar-refractivity contribution in [2.75, 3.05) is 4.90 Å². The van der Waals surface area contributed by atoms with E-state index in [2.05, 4.69) is 10.3 Å². The first-order valence-electron chi connectivity index (χ1n) is 7.02. The first-order chi connectivity index (χ1) is 11.5. The van der Waals surface area contributed by atoms with Gasteiger partial charge in [-0.05, 0) is 38.1 Å². The van der Waals surface area contributed by atoms with Crippen LogP contribution in [0.3, 0.4) is 0 Å². The smallest absolute Gasteiger partial charge is 0.416 e. The van der Waals surface area contributed by atoms with Crippen LogP contribution in [0, 0.1) is 0 Å². The van der Waals surface area contributed by atoms with E-state index in [9.17, 15) is 9.90 Å². The van der Waals surface area contributed by atoms with Gasteiger partial charge < -0.3 is 15.5 Å². The average Bonchev–Trinajstić information content (AvgIpc) is 2.62. The van der Waals surface area contributed by atoms with Crippen LogP contribution in [-0.4, -0.2) is 33.0 Å². The van der Waals surface area contributed by atoms with E-state index < -0.39 is 6.09 Å². The van der Waals surface area contributed by atoms with Crippen molar-refractivity contribution in [3.8, 4) is 0 Å². The van der Waals surface area contributed by atoms with Crippen LogP contribution >= 0.6 is 0 Å². The number of anilines is 2. The van der Waals surface area contributed by atoms with Gasteiger partial charge in [-0.15, -0.1) is 0 Å². The van der Waals surface area contributed by atoms with Gasteiger partial charge in [0.15, 0.2) is 0 Å². The topological polar surface area (TPSA) is 106 Å². The second-order valence-corrected chi connectivity index (χ2v) is 4.66. The summed E-state index contributed by atoms with van der Waals surface area (Å²) in [6.07, 6.45) is -0.989. The van der Waals surface area contributed by atoms with Gasteiger partial charge in [-0.3, -0.25) is 0 Å². The number of benzene rings is 2. The lowest BCUT2D eigenvalue weighted by atomic mass is 10.2. The Hall–Kier alpha value is -3.35. The third-order valence-corrected chi connectivity index (χ3v) is 3.04. The van der Waals surface area contributed by atoms with Crippen molar-refractivity contribution in [1.82, 2.24) is 0 Å². The fourth-order valence-corrected chi connectivity index (χ4v) is 1.67. The SMILES string of the molecule is CC(=NO)C(C)=NO.O=C(O)N(c1ccccc1)c1ccccc1. The molecule has 24 heavy (non-hydrogen) atoms. The van der Waals surface area contributed by atoms with Gasteiger partial charge in [0.1, 0.15) is 11.4 Å². The van der Waals surface area contributed by atoms with Crippen LogP contribution in [0.15, 0.2) is 71.0 Å². The Morgan fingerprint density at radius 3 is 1.38 bits per heavy atom. The molecule has 0 saturated heterocycles. The Labute approximate surface area is 139 Å². The number of carboxylic acid groups (broad SMARTS) is 1. The molecular formula is C17H19N3O4. The van der Waals surface area contributed by atoms with E-state index in [1.54, 1.807) is 24.3 Å². The molecule has 126 valence electrons. The normalized spacial score (nSPS) is 11.2. The Balaban J connectivity index is 0.000000307. The molecule has 0 aromatic heterocycles. The largest absolute Gasteiger partial charge is 0.464 e. The van der Waals surface area contributed by atoms with E-state index in [4.69, 9.17) is 10.4 Å². The van der Waals surface area contributed by atoms with Gasteiger partial charge in [0.2, 0.25) is 0 Å². The van der Waals surface area contributed by atoms with Gasteiger partial charge in [-0.25, -0.2) is 9.69 Å². The van der Waals surface area contributed by atoms with E-state index in [0.717, 1.165) is 0 Å². The summed E-state index contributed by atoms with van der Waals surface area (Å²) in [6.45, 7) is 3.07. The van der Waals surface area contributed by atoms with Crippen molar-refractivity contribution in [1.29, 1.82) is 0 Å². The molecule has 2 aromatic carbocycles. The molecule has 0 atom stereocenters. The summed E-state index contributed by atoms with van der Waals surface area (Å²) in [5.74, 6) is 0. The molecule has 0 heterocycles. The molecule has 0 saturated carbocycles. The molecule has 0 unspecified atom stereocenters. The minimum Gasteiger partial charge on any atom is -0.464 e. The van der Waals surface area contributed by atoms with Gasteiger partial charge in [-0.1, -0.05) is 46.7 Å². The molecule has 0 aliphatic carbocycles. The molecule has 7 heteroatoms. The molecule has 0 aliphatic heterocycles. The summed E-state index contributed by atoms with van der Waals surface area (Å²) in [7, 11) is 0. The van der Waals surface area contributed by atoms with Crippen molar-refractivity contribution in [2.45, 2.75) is 13.8 Å². The summed E-state index contributed by atoms with van der Waals surface area (Å²) in [5, 5.41) is 30.8. The predicted octanol–water partition coefficient (Wildman–Crippen LogP) is 4.19. The van der Waals surface area contributed by atoms with Gasteiger partial charge in [0, 0.05) is 0 Å². The fraction of sp³-hybridized carbons (Fsp3) is 0.118. The maximum absolute atomic E-state index is 11.2. The molecule has 7 nitrogen and oxygen atoms in total. The second-order valence-electron chi connectivity index (χ2n) is 4.66. The molecule has 2 rings (SSSR count). The van der Waals surface area contributed by atoms with E-state index in [1.165, 1.54) is 18.7 Å². The number of oxime groups is 2. The number of nitrogens with zero attached hydrogens (tertiary/aromatic N) is 3. The highest BCUT2D eigenvalue weighted by Crippen LogP contribution is 2.24. The molecule has 0 spiro atoms. The van der Waals surface area contributed by atoms with E-state index in [0.29, 0.717) is 22.8 Å². The monoisotopic (exact) mass is 329 g/mol. The maximum atomic E-state index is 11.2. The zero-order valence-electron chi connectivity index (χ0n) is 13.4. The number of hydrogen-bond donors (Lipinski definition) is 3. The zero-order chi connectivity index (χ0) is 17.9. The van der Waals surface area contributed by atoms with Gasteiger partial charge >= 0.3 is 6.09 Å². The van der Waals surface area contributed by atoms with Crippen LogP contribution in [0.1, 0.15) is 13.8 Å². The van der Waals surface area contributed by atoms with Gasteiger partial charge in [0.25, 0.3) is 0 Å². The van der Waals surface area contributed by atoms with Gasteiger partial charge in [0.05, 0.1) is 11.4 Å². The molecule has 3 N–H and O–H groups in total. The van der Waals surface area contributed by atoms with Crippen LogP contribution in [0.2, 0.25) is 0 Å². The molecule has 2 aromatic rings. The van der Waals surface area contributed by atoms with E-state index in [-0.39, 0.29) is 0 Å². The van der Waals surface area contributed by atoms with Crippen LogP contribution in [0.4, 0.5) is 16.2 Å². The third kappa shape index (κ3) is 5.45. The number of para-hydroxylation sites is 2. The molecule has 1 amide bonds. The van der Waals surface area contributed by atoms with Crippen molar-refractivity contribution in [3.63, 3.8) is 0 Å². The highest BCUT2D eigenvalue weighted by Gasteiger charge is 2.15. The van der Waals surface area contributed by atoms with Crippen LogP contribution in [0.5, 0.6) is 0 Å².